The van der Waals surface area contributed by atoms with E-state index in [0.29, 0.717) is 12.0 Å². The zero-order chi connectivity index (χ0) is 10.8. The fraction of sp³-hybridized carbons (Fsp3) is 0.636. The molecule has 1 aromatic rings. The van der Waals surface area contributed by atoms with E-state index < -0.39 is 0 Å². The monoisotopic (exact) mass is 206 g/mol. The van der Waals surface area contributed by atoms with Gasteiger partial charge in [-0.1, -0.05) is 0 Å². The van der Waals surface area contributed by atoms with Crippen molar-refractivity contribution in [2.24, 2.45) is 11.7 Å². The van der Waals surface area contributed by atoms with Gasteiger partial charge in [0.2, 0.25) is 5.95 Å². The molecule has 0 spiro atoms. The van der Waals surface area contributed by atoms with E-state index in [-0.39, 0.29) is 0 Å². The van der Waals surface area contributed by atoms with E-state index in [1.54, 1.807) is 6.20 Å². The van der Waals surface area contributed by atoms with E-state index in [1.165, 1.54) is 0 Å². The van der Waals surface area contributed by atoms with Crippen molar-refractivity contribution in [2.75, 3.05) is 18.5 Å². The summed E-state index contributed by atoms with van der Waals surface area (Å²) < 4.78 is 0. The summed E-state index contributed by atoms with van der Waals surface area (Å²) in [6, 6.07) is 2.33. The largest absolute Gasteiger partial charge is 0.344 e. The van der Waals surface area contributed by atoms with Crippen LogP contribution in [0.25, 0.3) is 0 Å². The molecular weight excluding hydrogens is 188 g/mol. The Morgan fingerprint density at radius 3 is 2.87 bits per heavy atom. The first kappa shape index (κ1) is 10.4. The van der Waals surface area contributed by atoms with E-state index in [1.807, 2.05) is 20.0 Å². The van der Waals surface area contributed by atoms with Gasteiger partial charge in [0.1, 0.15) is 0 Å². The Morgan fingerprint density at radius 1 is 1.53 bits per heavy atom. The number of nitrogens with two attached hydrogens (primary N) is 1. The summed E-state index contributed by atoms with van der Waals surface area (Å²) in [5, 5.41) is 0. The Bertz CT molecular complexity index is 333. The Hall–Kier alpha value is -1.16. The molecule has 0 radical (unpaired) electrons. The van der Waals surface area contributed by atoms with Gasteiger partial charge in [-0.25, -0.2) is 9.97 Å². The number of hydrogen-bond acceptors (Lipinski definition) is 4. The average molecular weight is 206 g/mol. The van der Waals surface area contributed by atoms with Crippen molar-refractivity contribution in [3.8, 4) is 0 Å². The third kappa shape index (κ3) is 2.45. The molecule has 0 unspecified atom stereocenters. The maximum Gasteiger partial charge on any atom is 0.225 e. The van der Waals surface area contributed by atoms with Gasteiger partial charge in [0.05, 0.1) is 0 Å². The molecule has 0 saturated heterocycles. The third-order valence-electron chi connectivity index (χ3n) is 2.93. The van der Waals surface area contributed by atoms with Gasteiger partial charge in [-0.15, -0.1) is 0 Å². The highest BCUT2D eigenvalue weighted by molar-refractivity contribution is 5.28. The number of aromatic nitrogens is 2. The van der Waals surface area contributed by atoms with Gasteiger partial charge in [0.25, 0.3) is 0 Å². The summed E-state index contributed by atoms with van der Waals surface area (Å²) in [5.74, 6) is 1.53. The second-order valence-electron chi connectivity index (χ2n) is 4.48. The van der Waals surface area contributed by atoms with Crippen molar-refractivity contribution in [3.63, 3.8) is 0 Å². The highest BCUT2D eigenvalue weighted by Gasteiger charge is 2.27. The molecule has 15 heavy (non-hydrogen) atoms. The highest BCUT2D eigenvalue weighted by atomic mass is 15.2. The van der Waals surface area contributed by atoms with E-state index in [9.17, 15) is 0 Å². The topological polar surface area (TPSA) is 55.0 Å². The fourth-order valence-corrected chi connectivity index (χ4v) is 2.02. The molecule has 1 aromatic heterocycles. The van der Waals surface area contributed by atoms with Crippen LogP contribution in [0.15, 0.2) is 12.3 Å². The molecule has 4 heteroatoms. The van der Waals surface area contributed by atoms with E-state index in [0.717, 1.165) is 31.0 Å². The van der Waals surface area contributed by atoms with Crippen molar-refractivity contribution in [2.45, 2.75) is 25.8 Å². The number of hydrogen-bond donors (Lipinski definition) is 1. The molecule has 1 aliphatic carbocycles. The lowest BCUT2D eigenvalue weighted by Crippen LogP contribution is -2.42. The predicted octanol–water partition coefficient (Wildman–Crippen LogP) is 0.959. The maximum absolute atomic E-state index is 5.76. The van der Waals surface area contributed by atoms with Crippen molar-refractivity contribution in [3.05, 3.63) is 18.0 Å². The molecule has 0 amide bonds. The maximum atomic E-state index is 5.76. The van der Waals surface area contributed by atoms with Crippen LogP contribution in [0.4, 0.5) is 5.95 Å². The van der Waals surface area contributed by atoms with Crippen LogP contribution >= 0.6 is 0 Å². The molecular formula is C11H18N4. The Morgan fingerprint density at radius 2 is 2.27 bits per heavy atom. The summed E-state index contributed by atoms with van der Waals surface area (Å²) >= 11 is 0. The first-order valence-corrected chi connectivity index (χ1v) is 5.41. The number of nitrogens with zero attached hydrogens (tertiary/aromatic N) is 3. The fourth-order valence-electron chi connectivity index (χ4n) is 2.02. The Balaban J connectivity index is 1.93. The summed E-state index contributed by atoms with van der Waals surface area (Å²) in [4.78, 5) is 10.8. The van der Waals surface area contributed by atoms with Crippen LogP contribution in [-0.2, 0) is 0 Å². The lowest BCUT2D eigenvalue weighted by molar-refractivity contribution is 0.270. The van der Waals surface area contributed by atoms with Crippen LogP contribution < -0.4 is 10.6 Å². The molecule has 0 atom stereocenters. The molecule has 0 aliphatic heterocycles. The molecule has 1 fully saturated rings. The summed E-state index contributed by atoms with van der Waals surface area (Å²) in [6.45, 7) is 3.00. The summed E-state index contributed by atoms with van der Waals surface area (Å²) in [6.07, 6.45) is 4.08. The second kappa shape index (κ2) is 4.14. The van der Waals surface area contributed by atoms with Crippen LogP contribution in [0.5, 0.6) is 0 Å². The molecule has 1 heterocycles. The molecule has 4 nitrogen and oxygen atoms in total. The van der Waals surface area contributed by atoms with Crippen LogP contribution in [0.2, 0.25) is 0 Å². The van der Waals surface area contributed by atoms with Gasteiger partial charge >= 0.3 is 0 Å². The third-order valence-corrected chi connectivity index (χ3v) is 2.93. The van der Waals surface area contributed by atoms with E-state index in [2.05, 4.69) is 14.9 Å². The quantitative estimate of drug-likeness (QED) is 0.800. The van der Waals surface area contributed by atoms with Crippen molar-refractivity contribution < 1.29 is 0 Å². The number of aryl methyl sites for hydroxylation is 1. The minimum absolute atomic E-state index is 0.418. The van der Waals surface area contributed by atoms with Crippen molar-refractivity contribution in [1.29, 1.82) is 0 Å². The van der Waals surface area contributed by atoms with Gasteiger partial charge in [-0.2, -0.15) is 0 Å². The van der Waals surface area contributed by atoms with Crippen LogP contribution in [-0.4, -0.2) is 29.6 Å². The van der Waals surface area contributed by atoms with Gasteiger partial charge in [0, 0.05) is 31.5 Å². The standard InChI is InChI=1S/C11H18N4/c1-8-3-4-13-11(14-8)15(2)7-9-5-10(12)6-9/h3-4,9-10H,5-7,12H2,1-2H3. The van der Waals surface area contributed by atoms with Crippen molar-refractivity contribution >= 4 is 5.95 Å². The molecule has 2 rings (SSSR count). The van der Waals surface area contributed by atoms with Crippen LogP contribution in [0.1, 0.15) is 18.5 Å². The minimum atomic E-state index is 0.418. The molecule has 0 aromatic carbocycles. The zero-order valence-electron chi connectivity index (χ0n) is 9.35. The second-order valence-corrected chi connectivity index (χ2v) is 4.48. The Labute approximate surface area is 90.5 Å². The van der Waals surface area contributed by atoms with Crippen LogP contribution in [0, 0.1) is 12.8 Å². The summed E-state index contributed by atoms with van der Waals surface area (Å²) in [5.41, 5.74) is 6.77. The van der Waals surface area contributed by atoms with E-state index in [4.69, 9.17) is 5.73 Å². The number of anilines is 1. The predicted molar refractivity (Wildman–Crippen MR) is 60.7 cm³/mol. The number of rotatable bonds is 3. The minimum Gasteiger partial charge on any atom is -0.344 e. The Kier molecular flexibility index (Phi) is 2.86. The van der Waals surface area contributed by atoms with Gasteiger partial charge < -0.3 is 10.6 Å². The normalized spacial score (nSPS) is 24.7. The molecule has 1 saturated carbocycles. The first-order valence-electron chi connectivity index (χ1n) is 5.41. The van der Waals surface area contributed by atoms with E-state index >= 15 is 0 Å². The zero-order valence-corrected chi connectivity index (χ0v) is 9.35. The molecule has 2 N–H and O–H groups in total. The van der Waals surface area contributed by atoms with Crippen LogP contribution in [0.3, 0.4) is 0 Å². The smallest absolute Gasteiger partial charge is 0.225 e. The summed E-state index contributed by atoms with van der Waals surface area (Å²) in [7, 11) is 2.04. The molecule has 1 aliphatic rings. The lowest BCUT2D eigenvalue weighted by atomic mass is 9.81. The van der Waals surface area contributed by atoms with Gasteiger partial charge in [0.15, 0.2) is 0 Å². The first-order chi connectivity index (χ1) is 7.15. The highest BCUT2D eigenvalue weighted by Crippen LogP contribution is 2.26. The molecule has 0 bridgehead atoms. The van der Waals surface area contributed by atoms with Crippen molar-refractivity contribution in [1.82, 2.24) is 9.97 Å². The average Bonchev–Trinajstić information content (AvgIpc) is 2.15. The van der Waals surface area contributed by atoms with Gasteiger partial charge in [-0.05, 0) is 31.7 Å². The van der Waals surface area contributed by atoms with Gasteiger partial charge in [-0.3, -0.25) is 0 Å². The SMILES string of the molecule is Cc1ccnc(N(C)CC2CC(N)C2)n1. The molecule has 82 valence electrons. The lowest BCUT2D eigenvalue weighted by Gasteiger charge is -2.35.